The lowest BCUT2D eigenvalue weighted by Gasteiger charge is -2.44. The molecular formula is C46H73NO9Si. The van der Waals surface area contributed by atoms with E-state index in [4.69, 9.17) is 18.6 Å². The number of esters is 2. The first-order valence-electron chi connectivity index (χ1n) is 21.6. The van der Waals surface area contributed by atoms with Crippen LogP contribution >= 0.6 is 0 Å². The van der Waals surface area contributed by atoms with Crippen LogP contribution < -0.4 is 5.32 Å². The van der Waals surface area contributed by atoms with Gasteiger partial charge in [-0.1, -0.05) is 140 Å². The first-order chi connectivity index (χ1) is 27.2. The number of unbranched alkanes of at least 4 members (excludes halogenated alkanes) is 8. The molecular weight excluding hydrogens is 739 g/mol. The van der Waals surface area contributed by atoms with Crippen molar-refractivity contribution in [1.82, 2.24) is 5.32 Å². The van der Waals surface area contributed by atoms with Crippen LogP contribution in [0.3, 0.4) is 0 Å². The van der Waals surface area contributed by atoms with Crippen molar-refractivity contribution >= 4 is 26.2 Å². The maximum atomic E-state index is 13.7. The summed E-state index contributed by atoms with van der Waals surface area (Å²) in [5, 5.41) is 25.6. The first kappa shape index (κ1) is 48.3. The van der Waals surface area contributed by atoms with Crippen LogP contribution in [0.4, 0.5) is 0 Å². The monoisotopic (exact) mass is 812 g/mol. The zero-order chi connectivity index (χ0) is 41.7. The standard InChI is InChI=1S/C46H73NO9Si/c1-7-8-9-10-11-12-13-14-21-30-37(54-40(49)31-22-28-35-24-17-15-18-25-35)33-39(48)47-42-44(56-41(50)32-23-29-36-26-19-16-20-27-36)43(51)38(55-45(42)52)34-53-57(5,6)46(2,3)4/h15-20,24-27,37-38,42-45,51-52H,7-14,21-23,28-34H2,1-6H3,(H,47,48)/t37-,38-,42-,43-,44-,45?/m1/s1. The zero-order valence-electron chi connectivity index (χ0n) is 35.7. The summed E-state index contributed by atoms with van der Waals surface area (Å²) in [6.07, 6.45) is 7.54. The van der Waals surface area contributed by atoms with Gasteiger partial charge in [-0.25, -0.2) is 0 Å². The van der Waals surface area contributed by atoms with Crippen LogP contribution in [-0.4, -0.2) is 79.7 Å². The van der Waals surface area contributed by atoms with Gasteiger partial charge in [0.1, 0.15) is 24.4 Å². The van der Waals surface area contributed by atoms with Crippen molar-refractivity contribution in [2.45, 2.75) is 192 Å². The number of aliphatic hydroxyl groups excluding tert-OH is 2. The molecule has 3 N–H and O–H groups in total. The lowest BCUT2D eigenvalue weighted by molar-refractivity contribution is -0.258. The molecule has 0 saturated carbocycles. The molecule has 1 heterocycles. The Hall–Kier alpha value is -3.09. The highest BCUT2D eigenvalue weighted by molar-refractivity contribution is 6.74. The van der Waals surface area contributed by atoms with Gasteiger partial charge in [0.05, 0.1) is 13.0 Å². The Morgan fingerprint density at radius 1 is 0.772 bits per heavy atom. The summed E-state index contributed by atoms with van der Waals surface area (Å²) >= 11 is 0. The normalized spacial score (nSPS) is 20.5. The smallest absolute Gasteiger partial charge is 0.306 e. The Morgan fingerprint density at radius 3 is 1.84 bits per heavy atom. The van der Waals surface area contributed by atoms with Crippen molar-refractivity contribution in [3.8, 4) is 0 Å². The third-order valence-corrected chi connectivity index (χ3v) is 15.9. The van der Waals surface area contributed by atoms with Gasteiger partial charge in [-0.3, -0.25) is 14.4 Å². The van der Waals surface area contributed by atoms with E-state index in [-0.39, 0.29) is 36.9 Å². The second-order valence-electron chi connectivity index (χ2n) is 17.3. The summed E-state index contributed by atoms with van der Waals surface area (Å²) in [5.41, 5.74) is 2.24. The Balaban J connectivity index is 1.67. The molecule has 57 heavy (non-hydrogen) atoms. The number of carbonyl (C=O) groups excluding carboxylic acids is 3. The van der Waals surface area contributed by atoms with Crippen LogP contribution in [-0.2, 0) is 45.9 Å². The average molecular weight is 812 g/mol. The molecule has 0 spiro atoms. The number of hydrogen-bond acceptors (Lipinski definition) is 9. The zero-order valence-corrected chi connectivity index (χ0v) is 36.7. The third-order valence-electron chi connectivity index (χ3n) is 11.4. The molecule has 6 atom stereocenters. The van der Waals surface area contributed by atoms with Crippen LogP contribution in [0.5, 0.6) is 0 Å². The molecule has 1 amide bonds. The first-order valence-corrected chi connectivity index (χ1v) is 24.5. The maximum absolute atomic E-state index is 13.7. The van der Waals surface area contributed by atoms with Crippen molar-refractivity contribution < 1.29 is 43.2 Å². The molecule has 1 aliphatic rings. The molecule has 1 unspecified atom stereocenters. The van der Waals surface area contributed by atoms with Crippen LogP contribution in [0.2, 0.25) is 18.1 Å². The number of aryl methyl sites for hydroxylation is 2. The highest BCUT2D eigenvalue weighted by Crippen LogP contribution is 2.37. The van der Waals surface area contributed by atoms with Gasteiger partial charge in [-0.05, 0) is 67.8 Å². The van der Waals surface area contributed by atoms with E-state index in [0.717, 1.165) is 43.2 Å². The molecule has 1 aliphatic heterocycles. The highest BCUT2D eigenvalue weighted by atomic mass is 28.4. The summed E-state index contributed by atoms with van der Waals surface area (Å²) in [5.74, 6) is -1.42. The summed E-state index contributed by atoms with van der Waals surface area (Å²) < 4.78 is 24.0. The van der Waals surface area contributed by atoms with Crippen molar-refractivity contribution in [2.75, 3.05) is 6.61 Å². The van der Waals surface area contributed by atoms with Gasteiger partial charge in [0, 0.05) is 12.8 Å². The van der Waals surface area contributed by atoms with Crippen LogP contribution in [0.25, 0.3) is 0 Å². The Morgan fingerprint density at radius 2 is 1.30 bits per heavy atom. The fourth-order valence-electron chi connectivity index (χ4n) is 6.83. The van der Waals surface area contributed by atoms with Gasteiger partial charge in [0.15, 0.2) is 20.7 Å². The molecule has 320 valence electrons. The number of amides is 1. The molecule has 2 aromatic rings. The molecule has 10 nitrogen and oxygen atoms in total. The SMILES string of the molecule is CCCCCCCCCCC[C@H](CC(=O)N[C@H]1C(O)O[C@H](CO[Si](C)(C)C(C)(C)C)[C@@H](O)[C@@H]1OC(=O)CCCc1ccccc1)OC(=O)CCCc1ccccc1. The molecule has 1 fully saturated rings. The van der Waals surface area contributed by atoms with Gasteiger partial charge >= 0.3 is 11.9 Å². The van der Waals surface area contributed by atoms with E-state index < -0.39 is 56.9 Å². The molecule has 11 heteroatoms. The average Bonchev–Trinajstić information content (AvgIpc) is 3.16. The molecule has 1 saturated heterocycles. The topological polar surface area (TPSA) is 141 Å². The highest BCUT2D eigenvalue weighted by Gasteiger charge is 2.49. The minimum absolute atomic E-state index is 0.0154. The fraction of sp³-hybridized carbons (Fsp3) is 0.674. The molecule has 0 bridgehead atoms. The van der Waals surface area contributed by atoms with Crippen molar-refractivity contribution in [1.29, 1.82) is 0 Å². The minimum Gasteiger partial charge on any atom is -0.462 e. The van der Waals surface area contributed by atoms with Crippen LogP contribution in [0.15, 0.2) is 60.7 Å². The summed E-state index contributed by atoms with van der Waals surface area (Å²) in [7, 11) is -2.26. The van der Waals surface area contributed by atoms with Gasteiger partial charge in [-0.15, -0.1) is 0 Å². The number of benzene rings is 2. The number of hydrogen-bond donors (Lipinski definition) is 3. The molecule has 2 aromatic carbocycles. The molecule has 3 rings (SSSR count). The van der Waals surface area contributed by atoms with Gasteiger partial charge in [0.2, 0.25) is 5.91 Å². The van der Waals surface area contributed by atoms with Crippen molar-refractivity contribution in [3.05, 3.63) is 71.8 Å². The number of aliphatic hydroxyl groups is 2. The van der Waals surface area contributed by atoms with Gasteiger partial charge < -0.3 is 34.2 Å². The van der Waals surface area contributed by atoms with Crippen LogP contribution in [0, 0.1) is 0 Å². The summed E-state index contributed by atoms with van der Waals surface area (Å²) in [6.45, 7) is 12.7. The van der Waals surface area contributed by atoms with E-state index in [9.17, 15) is 24.6 Å². The van der Waals surface area contributed by atoms with Gasteiger partial charge in [-0.2, -0.15) is 0 Å². The van der Waals surface area contributed by atoms with E-state index >= 15 is 0 Å². The second kappa shape index (κ2) is 25.4. The number of carbonyl (C=O) groups is 3. The van der Waals surface area contributed by atoms with E-state index in [2.05, 4.69) is 46.1 Å². The summed E-state index contributed by atoms with van der Waals surface area (Å²) in [6, 6.07) is 18.5. The van der Waals surface area contributed by atoms with E-state index in [0.29, 0.717) is 25.7 Å². The van der Waals surface area contributed by atoms with Gasteiger partial charge in [0.25, 0.3) is 0 Å². The van der Waals surface area contributed by atoms with E-state index in [1.165, 1.54) is 32.1 Å². The number of ether oxygens (including phenoxy) is 3. The fourth-order valence-corrected chi connectivity index (χ4v) is 7.84. The van der Waals surface area contributed by atoms with Crippen molar-refractivity contribution in [3.63, 3.8) is 0 Å². The lowest BCUT2D eigenvalue weighted by Crippen LogP contribution is -2.66. The Bertz CT molecular complexity index is 1430. The largest absolute Gasteiger partial charge is 0.462 e. The number of rotatable bonds is 26. The minimum atomic E-state index is -2.26. The van der Waals surface area contributed by atoms with Crippen molar-refractivity contribution in [2.24, 2.45) is 0 Å². The molecule has 0 aliphatic carbocycles. The maximum Gasteiger partial charge on any atom is 0.306 e. The quantitative estimate of drug-likeness (QED) is 0.0483. The predicted octanol–water partition coefficient (Wildman–Crippen LogP) is 8.75. The third kappa shape index (κ3) is 18.2. The molecule has 0 aromatic heterocycles. The predicted molar refractivity (Wildman–Crippen MR) is 227 cm³/mol. The van der Waals surface area contributed by atoms with E-state index in [1.54, 1.807) is 0 Å². The molecule has 0 radical (unpaired) electrons. The van der Waals surface area contributed by atoms with E-state index in [1.807, 2.05) is 60.7 Å². The lowest BCUT2D eigenvalue weighted by atomic mass is 9.96. The Kier molecular flexibility index (Phi) is 21.5. The summed E-state index contributed by atoms with van der Waals surface area (Å²) in [4.78, 5) is 40.0. The second-order valence-corrected chi connectivity index (χ2v) is 22.1. The Labute approximate surface area is 343 Å². The number of nitrogens with one attached hydrogen (secondary N) is 1. The van der Waals surface area contributed by atoms with Crippen LogP contribution in [0.1, 0.15) is 135 Å².